The highest BCUT2D eigenvalue weighted by Crippen LogP contribution is 2.61. The van der Waals surface area contributed by atoms with Crippen molar-refractivity contribution in [3.63, 3.8) is 0 Å². The molecule has 2 aromatic carbocycles. The van der Waals surface area contributed by atoms with Crippen LogP contribution in [0.25, 0.3) is 11.1 Å². The van der Waals surface area contributed by atoms with E-state index in [1.54, 1.807) is 24.1 Å². The zero-order valence-corrected chi connectivity index (χ0v) is 24.3. The van der Waals surface area contributed by atoms with Crippen molar-refractivity contribution in [3.8, 4) is 11.1 Å². The summed E-state index contributed by atoms with van der Waals surface area (Å²) in [6.07, 6.45) is 0.584. The molecule has 0 radical (unpaired) electrons. The Morgan fingerprint density at radius 2 is 1.88 bits per heavy atom. The van der Waals surface area contributed by atoms with E-state index in [1.165, 1.54) is 18.6 Å². The molecule has 1 amide bonds. The molecule has 4 fully saturated rings. The molecule has 40 heavy (non-hydrogen) atoms. The Labute approximate surface area is 236 Å². The van der Waals surface area contributed by atoms with E-state index in [1.807, 2.05) is 24.3 Å². The molecule has 4 aliphatic rings. The maximum Gasteiger partial charge on any atom is 0.240 e. The van der Waals surface area contributed by atoms with Crippen LogP contribution < -0.4 is 10.5 Å². The van der Waals surface area contributed by atoms with Crippen molar-refractivity contribution in [2.24, 2.45) is 34.2 Å². The van der Waals surface area contributed by atoms with Crippen molar-refractivity contribution in [1.82, 2.24) is 10.4 Å². The Bertz CT molecular complexity index is 1350. The van der Waals surface area contributed by atoms with Crippen LogP contribution in [0.5, 0.6) is 0 Å². The van der Waals surface area contributed by atoms with E-state index >= 15 is 0 Å². The highest BCUT2D eigenvalue weighted by atomic mass is 32.2. The molecule has 218 valence electrons. The number of hydroxylamine groups is 2. The average molecular weight is 572 g/mol. The highest BCUT2D eigenvalue weighted by Gasteiger charge is 2.57. The lowest BCUT2D eigenvalue weighted by molar-refractivity contribution is -0.183. The fourth-order valence-electron chi connectivity index (χ4n) is 7.35. The van der Waals surface area contributed by atoms with Gasteiger partial charge >= 0.3 is 0 Å². The van der Waals surface area contributed by atoms with Gasteiger partial charge in [0.1, 0.15) is 12.1 Å². The number of amides is 1. The van der Waals surface area contributed by atoms with Gasteiger partial charge in [-0.15, -0.1) is 0 Å². The Morgan fingerprint density at radius 3 is 2.45 bits per heavy atom. The van der Waals surface area contributed by atoms with Crippen LogP contribution in [-0.4, -0.2) is 60.5 Å². The van der Waals surface area contributed by atoms with Crippen LogP contribution in [0, 0.1) is 29.1 Å². The number of benzene rings is 2. The first-order valence-electron chi connectivity index (χ1n) is 14.1. The molecule has 0 spiro atoms. The van der Waals surface area contributed by atoms with Gasteiger partial charge in [0.15, 0.2) is 0 Å². The molecule has 8 atom stereocenters. The first-order valence-corrected chi connectivity index (χ1v) is 15.6. The lowest BCUT2D eigenvalue weighted by Crippen LogP contribution is -2.62. The number of carbonyl (C=O) groups is 1. The molecular weight excluding hydrogens is 530 g/mol. The monoisotopic (exact) mass is 571 g/mol. The fraction of sp³-hybridized carbons (Fsp3) is 0.567. The van der Waals surface area contributed by atoms with Gasteiger partial charge in [0.25, 0.3) is 0 Å². The minimum atomic E-state index is -3.78. The molecule has 5 N–H and O–H groups in total. The normalized spacial score (nSPS) is 32.3. The summed E-state index contributed by atoms with van der Waals surface area (Å²) >= 11 is 0. The number of primary sulfonamides is 1. The second-order valence-corrected chi connectivity index (χ2v) is 14.1. The Balaban J connectivity index is 1.36. The average Bonchev–Trinajstić information content (AvgIpc) is 3.27. The largest absolute Gasteiger partial charge is 0.394 e. The number of aliphatic hydroxyl groups excluding tert-OH is 2. The van der Waals surface area contributed by atoms with Crippen LogP contribution in [0.1, 0.15) is 46.1 Å². The topological polar surface area (TPSA) is 142 Å². The first kappa shape index (κ1) is 29.2. The fourth-order valence-corrected chi connectivity index (χ4v) is 7.87. The van der Waals surface area contributed by atoms with E-state index in [0.29, 0.717) is 23.2 Å². The minimum Gasteiger partial charge on any atom is -0.394 e. The molecule has 9 nitrogen and oxygen atoms in total. The highest BCUT2D eigenvalue weighted by molar-refractivity contribution is 7.89. The Hall–Kier alpha value is -2.34. The smallest absolute Gasteiger partial charge is 0.240 e. The predicted molar refractivity (Wildman–Crippen MR) is 151 cm³/mol. The van der Waals surface area contributed by atoms with Crippen LogP contribution in [-0.2, 0) is 26.2 Å². The van der Waals surface area contributed by atoms with Crippen molar-refractivity contribution >= 4 is 15.9 Å². The summed E-state index contributed by atoms with van der Waals surface area (Å²) in [5.41, 5.74) is 2.84. The summed E-state index contributed by atoms with van der Waals surface area (Å²) in [4.78, 5) is 20.0. The second-order valence-electron chi connectivity index (χ2n) is 12.5. The van der Waals surface area contributed by atoms with Crippen LogP contribution in [0.15, 0.2) is 53.4 Å². The number of nitrogens with one attached hydrogen (secondary N) is 1. The Morgan fingerprint density at radius 1 is 1.18 bits per heavy atom. The van der Waals surface area contributed by atoms with Gasteiger partial charge in [-0.25, -0.2) is 13.6 Å². The molecule has 1 aliphatic heterocycles. The number of nitrogens with two attached hydrogens (primary N) is 1. The molecule has 10 heteroatoms. The van der Waals surface area contributed by atoms with Crippen molar-refractivity contribution in [1.29, 1.82) is 0 Å². The number of hydrogen-bond acceptors (Lipinski definition) is 7. The van der Waals surface area contributed by atoms with E-state index in [2.05, 4.69) is 26.1 Å². The van der Waals surface area contributed by atoms with E-state index in [9.17, 15) is 23.4 Å². The number of fused-ring (bicyclic) bond motifs is 2. The summed E-state index contributed by atoms with van der Waals surface area (Å²) in [6.45, 7) is 8.45. The molecule has 2 aromatic rings. The lowest BCUT2D eigenvalue weighted by atomic mass is 9.45. The van der Waals surface area contributed by atoms with Crippen molar-refractivity contribution in [3.05, 3.63) is 54.1 Å². The van der Waals surface area contributed by atoms with Crippen molar-refractivity contribution in [2.75, 3.05) is 6.61 Å². The van der Waals surface area contributed by atoms with Crippen LogP contribution in [0.2, 0.25) is 0 Å². The molecule has 0 unspecified atom stereocenters. The number of hydrogen-bond donors (Lipinski definition) is 4. The molecule has 1 heterocycles. The lowest BCUT2D eigenvalue weighted by Gasteiger charge is -2.62. The quantitative estimate of drug-likeness (QED) is 0.382. The molecule has 0 aromatic heterocycles. The number of aliphatic hydroxyl groups is 2. The van der Waals surface area contributed by atoms with Gasteiger partial charge in [0, 0.05) is 12.0 Å². The summed E-state index contributed by atoms with van der Waals surface area (Å²) in [5, 5.41) is 30.8. The molecule has 3 aliphatic carbocycles. The first-order chi connectivity index (χ1) is 18.8. The SMILES string of the molecule is C[C@@H]1[C@@H](NC(=O)[C@@H]2[C@H]([C@H](C)O)[C@H](CO)ON2Cc2cccc(-c3ccc(S(N)(=O)=O)cc3)c2)C[C@@H]2C[C@H]1C2(C)C. The van der Waals surface area contributed by atoms with Gasteiger partial charge in [-0.2, -0.15) is 5.06 Å². The third-order valence-electron chi connectivity index (χ3n) is 9.84. The number of carbonyl (C=O) groups excluding carboxylic acids is 1. The standard InChI is InChI=1S/C30H41N3O6S/c1-17-24-13-22(30(24,3)4)14-25(17)32-29(36)28-27(18(2)35)26(16-34)39-33(28)15-19-6-5-7-21(12-19)20-8-10-23(11-9-20)40(31,37)38/h5-12,17-18,22,24-28,34-35H,13-16H2,1-4H3,(H,32,36)(H2,31,37,38)/t17-,18-,22-,24+,25-,26-,27+,28-/m0/s1. The van der Waals surface area contributed by atoms with Crippen molar-refractivity contribution < 1.29 is 28.3 Å². The Kier molecular flexibility index (Phi) is 7.88. The van der Waals surface area contributed by atoms with E-state index in [0.717, 1.165) is 23.1 Å². The summed E-state index contributed by atoms with van der Waals surface area (Å²) < 4.78 is 23.2. The molecule has 2 bridgehead atoms. The molecular formula is C30H41N3O6S. The molecule has 3 saturated carbocycles. The van der Waals surface area contributed by atoms with Gasteiger partial charge < -0.3 is 15.5 Å². The molecule has 1 saturated heterocycles. The maximum absolute atomic E-state index is 13.8. The van der Waals surface area contributed by atoms with Crippen LogP contribution in [0.4, 0.5) is 0 Å². The van der Waals surface area contributed by atoms with Gasteiger partial charge in [0.2, 0.25) is 15.9 Å². The maximum atomic E-state index is 13.8. The third kappa shape index (κ3) is 5.33. The summed E-state index contributed by atoms with van der Waals surface area (Å²) in [5.74, 6) is 0.744. The molecule has 6 rings (SSSR count). The summed E-state index contributed by atoms with van der Waals surface area (Å²) in [6, 6.07) is 13.3. The van der Waals surface area contributed by atoms with E-state index < -0.39 is 34.2 Å². The third-order valence-corrected chi connectivity index (χ3v) is 10.8. The second kappa shape index (κ2) is 10.8. The number of rotatable bonds is 8. The zero-order valence-electron chi connectivity index (χ0n) is 23.5. The van der Waals surface area contributed by atoms with Crippen LogP contribution in [0.3, 0.4) is 0 Å². The zero-order chi connectivity index (χ0) is 29.0. The van der Waals surface area contributed by atoms with Gasteiger partial charge in [0.05, 0.1) is 24.2 Å². The van der Waals surface area contributed by atoms with Crippen molar-refractivity contribution in [2.45, 2.75) is 76.3 Å². The minimum absolute atomic E-state index is 0.0408. The van der Waals surface area contributed by atoms with Gasteiger partial charge in [-0.3, -0.25) is 9.63 Å². The number of nitrogens with zero attached hydrogens (tertiary/aromatic N) is 1. The van der Waals surface area contributed by atoms with Crippen LogP contribution >= 0.6 is 0 Å². The summed E-state index contributed by atoms with van der Waals surface area (Å²) in [7, 11) is -3.78. The van der Waals surface area contributed by atoms with Gasteiger partial charge in [-0.05, 0) is 77.8 Å². The van der Waals surface area contributed by atoms with Gasteiger partial charge in [-0.1, -0.05) is 51.1 Å². The van der Waals surface area contributed by atoms with E-state index in [4.69, 9.17) is 9.98 Å². The van der Waals surface area contributed by atoms with E-state index in [-0.39, 0.29) is 30.0 Å². The number of sulfonamides is 1. The predicted octanol–water partition coefficient (Wildman–Crippen LogP) is 2.66.